The number of carbonyl (C=O) groups excluding carboxylic acids is 1. The monoisotopic (exact) mass is 441 g/mol. The lowest BCUT2D eigenvalue weighted by molar-refractivity contribution is -0.120. The first-order valence-electron chi connectivity index (χ1n) is 10.4. The summed E-state index contributed by atoms with van der Waals surface area (Å²) in [6.45, 7) is 6.44. The molecule has 3 heterocycles. The van der Waals surface area contributed by atoms with Crippen molar-refractivity contribution in [3.63, 3.8) is 0 Å². The second-order valence-corrected chi connectivity index (χ2v) is 9.30. The molecule has 0 unspecified atom stereocenters. The van der Waals surface area contributed by atoms with Crippen LogP contribution in [0.2, 0.25) is 0 Å². The van der Waals surface area contributed by atoms with E-state index in [4.69, 9.17) is 13.9 Å². The summed E-state index contributed by atoms with van der Waals surface area (Å²) in [6, 6.07) is 3.90. The Morgan fingerprint density at radius 1 is 1.35 bits per heavy atom. The van der Waals surface area contributed by atoms with Gasteiger partial charge in [0.25, 0.3) is 0 Å². The number of carbonyl (C=O) groups is 1. The van der Waals surface area contributed by atoms with E-state index in [9.17, 15) is 9.59 Å². The van der Waals surface area contributed by atoms with Crippen LogP contribution in [-0.2, 0) is 24.1 Å². The number of rotatable bonds is 6. The predicted molar refractivity (Wildman–Crippen MR) is 122 cm³/mol. The molecule has 1 aliphatic heterocycles. The molecular formula is C24H27NO5S. The first kappa shape index (κ1) is 21.4. The molecule has 1 aromatic carbocycles. The third-order valence-corrected chi connectivity index (χ3v) is 6.54. The number of aryl methyl sites for hydroxylation is 2. The van der Waals surface area contributed by atoms with Crippen molar-refractivity contribution >= 4 is 28.2 Å². The minimum Gasteiger partial charge on any atom is -0.496 e. The van der Waals surface area contributed by atoms with Crippen molar-refractivity contribution in [2.24, 2.45) is 0 Å². The van der Waals surface area contributed by atoms with Crippen molar-refractivity contribution in [1.29, 1.82) is 0 Å². The van der Waals surface area contributed by atoms with Gasteiger partial charge in [-0.1, -0.05) is 0 Å². The van der Waals surface area contributed by atoms with Crippen LogP contribution in [-0.4, -0.2) is 25.2 Å². The number of amides is 1. The Balaban J connectivity index is 1.64. The molecule has 7 heteroatoms. The number of hydrogen-bond donors (Lipinski definition) is 1. The van der Waals surface area contributed by atoms with Gasteiger partial charge < -0.3 is 19.2 Å². The zero-order valence-corrected chi connectivity index (χ0v) is 19.1. The third-order valence-electron chi connectivity index (χ3n) is 5.81. The summed E-state index contributed by atoms with van der Waals surface area (Å²) in [5.74, 6) is 1.06. The smallest absolute Gasteiger partial charge is 0.340 e. The zero-order chi connectivity index (χ0) is 22.2. The maximum atomic E-state index is 12.8. The predicted octanol–water partition coefficient (Wildman–Crippen LogP) is 4.18. The fraction of sp³-hybridized carbons (Fsp3) is 0.417. The lowest BCUT2D eigenvalue weighted by Gasteiger charge is -2.33. The minimum absolute atomic E-state index is 0.0302. The number of nitrogens with one attached hydrogen (secondary N) is 1. The molecule has 0 saturated carbocycles. The van der Waals surface area contributed by atoms with E-state index in [1.807, 2.05) is 38.3 Å². The zero-order valence-electron chi connectivity index (χ0n) is 18.3. The van der Waals surface area contributed by atoms with Gasteiger partial charge in [-0.15, -0.1) is 0 Å². The fourth-order valence-corrected chi connectivity index (χ4v) is 4.75. The van der Waals surface area contributed by atoms with Crippen molar-refractivity contribution in [2.45, 2.75) is 52.1 Å². The molecule has 6 nitrogen and oxygen atoms in total. The Bertz CT molecular complexity index is 1180. The summed E-state index contributed by atoms with van der Waals surface area (Å²) in [4.78, 5) is 25.3. The molecule has 164 valence electrons. The van der Waals surface area contributed by atoms with Gasteiger partial charge in [0, 0.05) is 18.2 Å². The lowest BCUT2D eigenvalue weighted by Crippen LogP contribution is -2.33. The van der Waals surface area contributed by atoms with Crippen molar-refractivity contribution in [3.8, 4) is 11.5 Å². The molecule has 0 atom stereocenters. The summed E-state index contributed by atoms with van der Waals surface area (Å²) in [6.07, 6.45) is 2.29. The molecular weight excluding hydrogens is 414 g/mol. The highest BCUT2D eigenvalue weighted by atomic mass is 32.1. The molecule has 0 spiro atoms. The van der Waals surface area contributed by atoms with Gasteiger partial charge in [0.05, 0.1) is 24.5 Å². The summed E-state index contributed by atoms with van der Waals surface area (Å²) in [7, 11) is 1.58. The first-order valence-corrected chi connectivity index (χ1v) is 11.4. The highest BCUT2D eigenvalue weighted by molar-refractivity contribution is 7.07. The van der Waals surface area contributed by atoms with Crippen LogP contribution in [0.1, 0.15) is 42.5 Å². The molecule has 0 bridgehead atoms. The molecule has 31 heavy (non-hydrogen) atoms. The molecule has 0 saturated heterocycles. The van der Waals surface area contributed by atoms with Gasteiger partial charge >= 0.3 is 5.63 Å². The summed E-state index contributed by atoms with van der Waals surface area (Å²) >= 11 is 1.63. The molecule has 0 fully saturated rings. The molecule has 2 aromatic heterocycles. The summed E-state index contributed by atoms with van der Waals surface area (Å²) in [5, 5.41) is 7.69. The van der Waals surface area contributed by atoms with Crippen LogP contribution in [0.3, 0.4) is 0 Å². The van der Waals surface area contributed by atoms with Crippen LogP contribution >= 0.6 is 11.3 Å². The molecule has 1 N–H and O–H groups in total. The maximum absolute atomic E-state index is 12.8. The average molecular weight is 442 g/mol. The van der Waals surface area contributed by atoms with E-state index in [-0.39, 0.29) is 17.9 Å². The Hall–Kier alpha value is -2.80. The van der Waals surface area contributed by atoms with E-state index < -0.39 is 5.63 Å². The van der Waals surface area contributed by atoms with E-state index in [1.54, 1.807) is 18.4 Å². The van der Waals surface area contributed by atoms with Crippen LogP contribution in [0.25, 0.3) is 11.0 Å². The van der Waals surface area contributed by atoms with Crippen LogP contribution in [0, 0.1) is 6.92 Å². The molecule has 1 aliphatic rings. The molecule has 3 aromatic rings. The number of ether oxygens (including phenoxy) is 2. The van der Waals surface area contributed by atoms with Gasteiger partial charge in [0.1, 0.15) is 22.7 Å². The fourth-order valence-electron chi connectivity index (χ4n) is 4.05. The number of methoxy groups -OCH3 is 1. The van der Waals surface area contributed by atoms with E-state index in [0.29, 0.717) is 34.8 Å². The maximum Gasteiger partial charge on any atom is 0.340 e. The van der Waals surface area contributed by atoms with Crippen LogP contribution in [0.5, 0.6) is 11.5 Å². The lowest BCUT2D eigenvalue weighted by atomic mass is 9.91. The normalized spacial score (nSPS) is 14.7. The van der Waals surface area contributed by atoms with Crippen LogP contribution in [0.15, 0.2) is 32.1 Å². The molecule has 1 amide bonds. The number of fused-ring (bicyclic) bond motifs is 3. The highest BCUT2D eigenvalue weighted by Crippen LogP contribution is 2.43. The Morgan fingerprint density at radius 2 is 2.16 bits per heavy atom. The molecule has 4 rings (SSSR count). The van der Waals surface area contributed by atoms with E-state index in [1.165, 1.54) is 5.56 Å². The van der Waals surface area contributed by atoms with Crippen LogP contribution in [0.4, 0.5) is 0 Å². The summed E-state index contributed by atoms with van der Waals surface area (Å²) < 4.78 is 17.5. The first-order chi connectivity index (χ1) is 14.8. The molecule has 0 aliphatic carbocycles. The van der Waals surface area contributed by atoms with Gasteiger partial charge in [-0.05, 0) is 68.0 Å². The average Bonchev–Trinajstić information content (AvgIpc) is 3.23. The Kier molecular flexibility index (Phi) is 5.79. The van der Waals surface area contributed by atoms with Gasteiger partial charge in [-0.2, -0.15) is 11.3 Å². The number of hydrogen-bond acceptors (Lipinski definition) is 6. The number of benzene rings is 1. The highest BCUT2D eigenvalue weighted by Gasteiger charge is 2.31. The van der Waals surface area contributed by atoms with Crippen molar-refractivity contribution in [1.82, 2.24) is 5.32 Å². The largest absolute Gasteiger partial charge is 0.496 e. The van der Waals surface area contributed by atoms with E-state index in [0.717, 1.165) is 30.2 Å². The van der Waals surface area contributed by atoms with Crippen molar-refractivity contribution in [3.05, 3.63) is 55.6 Å². The SMILES string of the molecule is COc1cc2c(c3oc(=O)c(CC(=O)NCCc4ccsc4)c(C)c13)CCC(C)(C)O2. The number of thiophene rings is 1. The topological polar surface area (TPSA) is 77.8 Å². The standard InChI is InChI=1S/C24H27NO5S/c1-14-17(11-20(26)25-9-6-15-7-10-31-13-15)23(27)29-22-16-5-8-24(2,3)30-18(16)12-19(28-4)21(14)22/h7,10,12-13H,5-6,8-9,11H2,1-4H3,(H,25,26). The molecule has 0 radical (unpaired) electrons. The third kappa shape index (κ3) is 4.32. The van der Waals surface area contributed by atoms with Gasteiger partial charge in [0.2, 0.25) is 5.91 Å². The van der Waals surface area contributed by atoms with E-state index >= 15 is 0 Å². The summed E-state index contributed by atoms with van der Waals surface area (Å²) in [5.41, 5.74) is 2.85. The minimum atomic E-state index is -0.488. The quantitative estimate of drug-likeness (QED) is 0.581. The van der Waals surface area contributed by atoms with Crippen molar-refractivity contribution in [2.75, 3.05) is 13.7 Å². The van der Waals surface area contributed by atoms with Gasteiger partial charge in [-0.3, -0.25) is 4.79 Å². The van der Waals surface area contributed by atoms with Crippen molar-refractivity contribution < 1.29 is 18.7 Å². The Labute approximate surface area is 185 Å². The second kappa shape index (κ2) is 8.38. The second-order valence-electron chi connectivity index (χ2n) is 8.52. The van der Waals surface area contributed by atoms with E-state index in [2.05, 4.69) is 10.7 Å². The Morgan fingerprint density at radius 3 is 2.87 bits per heavy atom. The van der Waals surface area contributed by atoms with Crippen LogP contribution < -0.4 is 20.4 Å². The van der Waals surface area contributed by atoms with Gasteiger partial charge in [-0.25, -0.2) is 4.79 Å². The van der Waals surface area contributed by atoms with Gasteiger partial charge in [0.15, 0.2) is 0 Å².